The number of aryl methyl sites for hydroxylation is 1. The first kappa shape index (κ1) is 14.8. The highest BCUT2D eigenvalue weighted by atomic mass is 16.2. The predicted octanol–water partition coefficient (Wildman–Crippen LogP) is 2.38. The third kappa shape index (κ3) is 2.54. The molecule has 0 N–H and O–H groups in total. The molecule has 24 heavy (non-hydrogen) atoms. The summed E-state index contributed by atoms with van der Waals surface area (Å²) in [6, 6.07) is 7.62. The Morgan fingerprint density at radius 2 is 2.12 bits per heavy atom. The van der Waals surface area contributed by atoms with Crippen molar-refractivity contribution in [3.63, 3.8) is 0 Å². The van der Waals surface area contributed by atoms with E-state index in [-0.39, 0.29) is 11.8 Å². The predicted molar refractivity (Wildman–Crippen MR) is 90.6 cm³/mol. The normalized spacial score (nSPS) is 18.0. The molecule has 0 aromatic carbocycles. The summed E-state index contributed by atoms with van der Waals surface area (Å²) < 4.78 is 1.83. The molecule has 1 unspecified atom stereocenters. The first-order valence-corrected chi connectivity index (χ1v) is 8.21. The van der Waals surface area contributed by atoms with Crippen LogP contribution in [-0.4, -0.2) is 43.6 Å². The van der Waals surface area contributed by atoms with E-state index in [0.29, 0.717) is 12.1 Å². The zero-order valence-electron chi connectivity index (χ0n) is 13.6. The molecule has 1 atom stereocenters. The largest absolute Gasteiger partial charge is 0.338 e. The Morgan fingerprint density at radius 3 is 2.96 bits per heavy atom. The molecule has 1 fully saturated rings. The van der Waals surface area contributed by atoms with Gasteiger partial charge in [0.1, 0.15) is 0 Å². The molecule has 4 rings (SSSR count). The molecule has 0 radical (unpaired) electrons. The third-order valence-corrected chi connectivity index (χ3v) is 4.63. The third-order valence-electron chi connectivity index (χ3n) is 4.63. The standard InChI is InChI=1S/C18H19N5O/c1-22-17-15(7-3-9-20-17)16(21-22)14-6-4-10-23(12-14)18(24)13-5-2-8-19-11-13/h2-3,5,7-9,11,14H,4,6,10,12H2,1H3. The van der Waals surface area contributed by atoms with E-state index in [0.717, 1.165) is 36.1 Å². The molecule has 0 aliphatic carbocycles. The molecule has 122 valence electrons. The number of piperidine rings is 1. The lowest BCUT2D eigenvalue weighted by molar-refractivity contribution is 0.0705. The van der Waals surface area contributed by atoms with Crippen LogP contribution in [0, 0.1) is 0 Å². The van der Waals surface area contributed by atoms with E-state index in [1.54, 1.807) is 24.7 Å². The van der Waals surface area contributed by atoms with Gasteiger partial charge in [0.15, 0.2) is 5.65 Å². The number of hydrogen-bond donors (Lipinski definition) is 0. The van der Waals surface area contributed by atoms with Crippen molar-refractivity contribution >= 4 is 16.9 Å². The Hall–Kier alpha value is -2.76. The lowest BCUT2D eigenvalue weighted by atomic mass is 9.93. The number of likely N-dealkylation sites (tertiary alicyclic amines) is 1. The highest BCUT2D eigenvalue weighted by molar-refractivity contribution is 5.94. The van der Waals surface area contributed by atoms with E-state index in [1.807, 2.05) is 28.8 Å². The fourth-order valence-corrected chi connectivity index (χ4v) is 3.48. The minimum atomic E-state index is 0.0474. The average Bonchev–Trinajstić information content (AvgIpc) is 2.99. The summed E-state index contributed by atoms with van der Waals surface area (Å²) in [5, 5.41) is 5.77. The van der Waals surface area contributed by atoms with E-state index < -0.39 is 0 Å². The van der Waals surface area contributed by atoms with E-state index >= 15 is 0 Å². The summed E-state index contributed by atoms with van der Waals surface area (Å²) in [4.78, 5) is 23.1. The Bertz CT molecular complexity index is 874. The van der Waals surface area contributed by atoms with Gasteiger partial charge < -0.3 is 4.90 Å². The lowest BCUT2D eigenvalue weighted by Gasteiger charge is -2.32. The van der Waals surface area contributed by atoms with Gasteiger partial charge in [0.25, 0.3) is 5.91 Å². The zero-order chi connectivity index (χ0) is 16.5. The Morgan fingerprint density at radius 1 is 1.25 bits per heavy atom. The van der Waals surface area contributed by atoms with Crippen LogP contribution >= 0.6 is 0 Å². The fourth-order valence-electron chi connectivity index (χ4n) is 3.48. The first-order chi connectivity index (χ1) is 11.7. The molecule has 0 bridgehead atoms. The highest BCUT2D eigenvalue weighted by Crippen LogP contribution is 2.31. The first-order valence-electron chi connectivity index (χ1n) is 8.21. The second kappa shape index (κ2) is 6.03. The molecule has 1 aliphatic heterocycles. The van der Waals surface area contributed by atoms with Crippen molar-refractivity contribution in [1.29, 1.82) is 0 Å². The van der Waals surface area contributed by atoms with Gasteiger partial charge in [0.2, 0.25) is 0 Å². The van der Waals surface area contributed by atoms with Gasteiger partial charge in [0, 0.05) is 50.0 Å². The molecule has 3 aromatic heterocycles. The Labute approximate surface area is 140 Å². The zero-order valence-corrected chi connectivity index (χ0v) is 13.6. The van der Waals surface area contributed by atoms with Crippen LogP contribution in [0.3, 0.4) is 0 Å². The summed E-state index contributed by atoms with van der Waals surface area (Å²) in [6.07, 6.45) is 7.12. The summed E-state index contributed by atoms with van der Waals surface area (Å²) in [7, 11) is 1.92. The van der Waals surface area contributed by atoms with Crippen molar-refractivity contribution in [3.05, 3.63) is 54.1 Å². The molecule has 6 heteroatoms. The number of hydrogen-bond acceptors (Lipinski definition) is 4. The van der Waals surface area contributed by atoms with Crippen LogP contribution in [0.2, 0.25) is 0 Å². The maximum absolute atomic E-state index is 12.7. The van der Waals surface area contributed by atoms with Crippen molar-refractivity contribution in [2.24, 2.45) is 7.05 Å². The number of carbonyl (C=O) groups is 1. The molecule has 1 saturated heterocycles. The van der Waals surface area contributed by atoms with Crippen molar-refractivity contribution in [2.45, 2.75) is 18.8 Å². The molecule has 1 aliphatic rings. The number of carbonyl (C=O) groups excluding carboxylic acids is 1. The molecular weight excluding hydrogens is 302 g/mol. The van der Waals surface area contributed by atoms with Crippen LogP contribution in [0.5, 0.6) is 0 Å². The highest BCUT2D eigenvalue weighted by Gasteiger charge is 2.28. The SMILES string of the molecule is Cn1nc(C2CCCN(C(=O)c3cccnc3)C2)c2cccnc21. The average molecular weight is 321 g/mol. The molecule has 6 nitrogen and oxygen atoms in total. The fraction of sp³-hybridized carbons (Fsp3) is 0.333. The van der Waals surface area contributed by atoms with Crippen LogP contribution in [0.15, 0.2) is 42.9 Å². The molecular formula is C18H19N5O. The quantitative estimate of drug-likeness (QED) is 0.727. The van der Waals surface area contributed by atoms with Gasteiger partial charge in [-0.1, -0.05) is 0 Å². The van der Waals surface area contributed by atoms with Crippen molar-refractivity contribution in [3.8, 4) is 0 Å². The maximum Gasteiger partial charge on any atom is 0.255 e. The molecule has 1 amide bonds. The monoisotopic (exact) mass is 321 g/mol. The summed E-state index contributed by atoms with van der Waals surface area (Å²) in [5.41, 5.74) is 2.58. The Balaban J connectivity index is 1.62. The van der Waals surface area contributed by atoms with Gasteiger partial charge in [-0.2, -0.15) is 5.10 Å². The lowest BCUT2D eigenvalue weighted by Crippen LogP contribution is -2.39. The minimum Gasteiger partial charge on any atom is -0.338 e. The van der Waals surface area contributed by atoms with Crippen LogP contribution in [0.1, 0.15) is 34.8 Å². The van der Waals surface area contributed by atoms with Gasteiger partial charge >= 0.3 is 0 Å². The van der Waals surface area contributed by atoms with Crippen molar-refractivity contribution < 1.29 is 4.79 Å². The summed E-state index contributed by atoms with van der Waals surface area (Å²) >= 11 is 0. The van der Waals surface area contributed by atoms with Crippen molar-refractivity contribution in [2.75, 3.05) is 13.1 Å². The molecule has 0 spiro atoms. The number of fused-ring (bicyclic) bond motifs is 1. The minimum absolute atomic E-state index is 0.0474. The summed E-state index contributed by atoms with van der Waals surface area (Å²) in [6.45, 7) is 1.47. The number of amides is 1. The second-order valence-electron chi connectivity index (χ2n) is 6.22. The topological polar surface area (TPSA) is 63.9 Å². The van der Waals surface area contributed by atoms with Crippen LogP contribution < -0.4 is 0 Å². The molecule has 4 heterocycles. The molecule has 3 aromatic rings. The van der Waals surface area contributed by atoms with Gasteiger partial charge in [-0.15, -0.1) is 0 Å². The maximum atomic E-state index is 12.7. The van der Waals surface area contributed by atoms with Gasteiger partial charge in [-0.05, 0) is 37.1 Å². The van der Waals surface area contributed by atoms with Crippen LogP contribution in [-0.2, 0) is 7.05 Å². The Kier molecular flexibility index (Phi) is 3.72. The number of aromatic nitrogens is 4. The number of rotatable bonds is 2. The van der Waals surface area contributed by atoms with E-state index in [4.69, 9.17) is 0 Å². The van der Waals surface area contributed by atoms with E-state index in [2.05, 4.69) is 21.1 Å². The molecule has 0 saturated carbocycles. The van der Waals surface area contributed by atoms with Crippen LogP contribution in [0.25, 0.3) is 11.0 Å². The van der Waals surface area contributed by atoms with Gasteiger partial charge in [-0.25, -0.2) is 4.98 Å². The van der Waals surface area contributed by atoms with Crippen LogP contribution in [0.4, 0.5) is 0 Å². The van der Waals surface area contributed by atoms with E-state index in [9.17, 15) is 4.79 Å². The number of pyridine rings is 2. The smallest absolute Gasteiger partial charge is 0.255 e. The van der Waals surface area contributed by atoms with E-state index in [1.165, 1.54) is 0 Å². The van der Waals surface area contributed by atoms with Gasteiger partial charge in [0.05, 0.1) is 11.3 Å². The summed E-state index contributed by atoms with van der Waals surface area (Å²) in [5.74, 6) is 0.290. The number of nitrogens with zero attached hydrogens (tertiary/aromatic N) is 5. The second-order valence-corrected chi connectivity index (χ2v) is 6.22. The van der Waals surface area contributed by atoms with Crippen molar-refractivity contribution in [1.82, 2.24) is 24.6 Å². The van der Waals surface area contributed by atoms with Gasteiger partial charge in [-0.3, -0.25) is 14.5 Å².